The normalized spacial score (nSPS) is 8.90. The zero-order valence-corrected chi connectivity index (χ0v) is 5.45. The Morgan fingerprint density at radius 3 is 3.00 bits per heavy atom. The minimum Gasteiger partial charge on any atom is -0.394 e. The van der Waals surface area contributed by atoms with E-state index in [-0.39, 0.29) is 5.88 Å². The van der Waals surface area contributed by atoms with Crippen molar-refractivity contribution < 1.29 is 9.53 Å². The second kappa shape index (κ2) is 3.07. The number of hydrogen-bond donors (Lipinski definition) is 0. The Bertz CT molecular complexity index is 227. The largest absolute Gasteiger partial charge is 0.410 e. The second-order valence-electron chi connectivity index (χ2n) is 1.30. The molecule has 0 saturated carbocycles. The van der Waals surface area contributed by atoms with Crippen LogP contribution in [-0.2, 0) is 0 Å². The van der Waals surface area contributed by atoms with E-state index in [2.05, 4.69) is 20.1 Å². The molecule has 0 N–H and O–H groups in total. The summed E-state index contributed by atoms with van der Waals surface area (Å²) in [5, 5.41) is 9.89. The minimum atomic E-state index is -0.944. The highest BCUT2D eigenvalue weighted by Crippen LogP contribution is 2.01. The van der Waals surface area contributed by atoms with Crippen LogP contribution in [0.5, 0.6) is 5.88 Å². The first-order chi connectivity index (χ1) is 4.79. The maximum Gasteiger partial charge on any atom is 0.410 e. The van der Waals surface area contributed by atoms with E-state index in [9.17, 15) is 4.79 Å². The highest BCUT2D eigenvalue weighted by molar-refractivity contribution is 6.61. The lowest BCUT2D eigenvalue weighted by Crippen LogP contribution is -1.99. The lowest BCUT2D eigenvalue weighted by Gasteiger charge is -1.92. The van der Waals surface area contributed by atoms with Gasteiger partial charge in [0.15, 0.2) is 0 Å². The summed E-state index contributed by atoms with van der Waals surface area (Å²) in [4.78, 5) is 10.1. The van der Waals surface area contributed by atoms with Gasteiger partial charge < -0.3 is 4.74 Å². The fourth-order valence-corrected chi connectivity index (χ4v) is 0.446. The van der Waals surface area contributed by atoms with Crippen molar-refractivity contribution in [3.63, 3.8) is 0 Å². The van der Waals surface area contributed by atoms with E-state index < -0.39 is 5.43 Å². The molecule has 0 radical (unpaired) electrons. The van der Waals surface area contributed by atoms with Gasteiger partial charge in [0.05, 0.1) is 6.20 Å². The first kappa shape index (κ1) is 6.88. The third kappa shape index (κ3) is 1.94. The van der Waals surface area contributed by atoms with E-state index in [1.807, 2.05) is 0 Å². The van der Waals surface area contributed by atoms with Crippen LogP contribution in [0.2, 0.25) is 0 Å². The lowest BCUT2D eigenvalue weighted by molar-refractivity contribution is 0.223. The third-order valence-electron chi connectivity index (χ3n) is 0.664. The van der Waals surface area contributed by atoms with Crippen LogP contribution in [0.3, 0.4) is 0 Å². The van der Waals surface area contributed by atoms with Crippen LogP contribution in [0, 0.1) is 0 Å². The molecule has 6 heteroatoms. The first-order valence-electron chi connectivity index (χ1n) is 2.31. The van der Waals surface area contributed by atoms with E-state index in [0.717, 1.165) is 0 Å². The monoisotopic (exact) mass is 159 g/mol. The van der Waals surface area contributed by atoms with Crippen LogP contribution in [-0.4, -0.2) is 20.8 Å². The van der Waals surface area contributed by atoms with Crippen LogP contribution in [0.1, 0.15) is 0 Å². The number of nitrogens with zero attached hydrogens (tertiary/aromatic N) is 3. The molecule has 0 aromatic carbocycles. The molecule has 0 aliphatic carbocycles. The SMILES string of the molecule is O=C(Cl)Oc1ccnnn1. The molecule has 10 heavy (non-hydrogen) atoms. The van der Waals surface area contributed by atoms with Crippen molar-refractivity contribution in [1.82, 2.24) is 15.4 Å². The summed E-state index contributed by atoms with van der Waals surface area (Å²) >= 11 is 4.86. The lowest BCUT2D eigenvalue weighted by atomic mass is 10.7. The molecule has 0 saturated heterocycles. The van der Waals surface area contributed by atoms with Gasteiger partial charge >= 0.3 is 5.43 Å². The highest BCUT2D eigenvalue weighted by atomic mass is 35.5. The van der Waals surface area contributed by atoms with Gasteiger partial charge in [-0.15, -0.1) is 5.10 Å². The molecule has 1 aromatic heterocycles. The maximum absolute atomic E-state index is 10.1. The van der Waals surface area contributed by atoms with Gasteiger partial charge in [0, 0.05) is 17.7 Å². The fourth-order valence-electron chi connectivity index (χ4n) is 0.367. The van der Waals surface area contributed by atoms with Crippen molar-refractivity contribution >= 4 is 17.0 Å². The van der Waals surface area contributed by atoms with E-state index in [0.29, 0.717) is 0 Å². The third-order valence-corrected chi connectivity index (χ3v) is 0.741. The molecule has 0 amide bonds. The molecule has 0 aliphatic heterocycles. The zero-order valence-electron chi connectivity index (χ0n) is 4.69. The van der Waals surface area contributed by atoms with Crippen LogP contribution in [0.15, 0.2) is 12.3 Å². The number of hydrogen-bond acceptors (Lipinski definition) is 5. The fraction of sp³-hybridized carbons (Fsp3) is 0. The molecule has 1 aromatic rings. The predicted molar refractivity (Wildman–Crippen MR) is 31.7 cm³/mol. The molecular weight excluding hydrogens is 158 g/mol. The van der Waals surface area contributed by atoms with Crippen molar-refractivity contribution in [3.8, 4) is 5.88 Å². The van der Waals surface area contributed by atoms with E-state index >= 15 is 0 Å². The minimum absolute atomic E-state index is 0.0370. The average molecular weight is 160 g/mol. The Hall–Kier alpha value is -1.23. The summed E-state index contributed by atoms with van der Waals surface area (Å²) < 4.78 is 4.33. The molecule has 0 fully saturated rings. The topological polar surface area (TPSA) is 65.0 Å². The van der Waals surface area contributed by atoms with Gasteiger partial charge in [0.2, 0.25) is 5.88 Å². The molecule has 0 unspecified atom stereocenters. The summed E-state index contributed by atoms with van der Waals surface area (Å²) in [6.45, 7) is 0. The smallest absolute Gasteiger partial charge is 0.394 e. The predicted octanol–water partition coefficient (Wildman–Crippen LogP) is 0.609. The van der Waals surface area contributed by atoms with Crippen molar-refractivity contribution in [2.24, 2.45) is 0 Å². The quantitative estimate of drug-likeness (QED) is 0.562. The number of carbonyl (C=O) groups excluding carboxylic acids is 1. The van der Waals surface area contributed by atoms with E-state index in [4.69, 9.17) is 11.6 Å². The number of carbonyl (C=O) groups is 1. The molecule has 0 spiro atoms. The second-order valence-corrected chi connectivity index (χ2v) is 1.61. The maximum atomic E-state index is 10.1. The van der Waals surface area contributed by atoms with Crippen molar-refractivity contribution in [2.45, 2.75) is 0 Å². The van der Waals surface area contributed by atoms with Gasteiger partial charge in [0.1, 0.15) is 0 Å². The van der Waals surface area contributed by atoms with Gasteiger partial charge in [-0.05, 0) is 5.21 Å². The van der Waals surface area contributed by atoms with Gasteiger partial charge in [-0.2, -0.15) is 0 Å². The van der Waals surface area contributed by atoms with Crippen molar-refractivity contribution in [1.29, 1.82) is 0 Å². The average Bonchev–Trinajstić information content (AvgIpc) is 1.88. The Kier molecular flexibility index (Phi) is 2.11. The Morgan fingerprint density at radius 1 is 1.70 bits per heavy atom. The number of rotatable bonds is 1. The van der Waals surface area contributed by atoms with Gasteiger partial charge in [-0.25, -0.2) is 4.79 Å². The Labute approximate surface area is 61.0 Å². The summed E-state index contributed by atoms with van der Waals surface area (Å²) in [5.74, 6) is 0.0370. The van der Waals surface area contributed by atoms with Crippen LogP contribution in [0.25, 0.3) is 0 Å². The van der Waals surface area contributed by atoms with Gasteiger partial charge in [-0.3, -0.25) is 0 Å². The van der Waals surface area contributed by atoms with Crippen molar-refractivity contribution in [3.05, 3.63) is 12.3 Å². The summed E-state index contributed by atoms with van der Waals surface area (Å²) in [6.07, 6.45) is 1.34. The first-order valence-corrected chi connectivity index (χ1v) is 2.68. The highest BCUT2D eigenvalue weighted by Gasteiger charge is 1.98. The van der Waals surface area contributed by atoms with Crippen LogP contribution < -0.4 is 4.74 Å². The Morgan fingerprint density at radius 2 is 2.50 bits per heavy atom. The van der Waals surface area contributed by atoms with Crippen molar-refractivity contribution in [2.75, 3.05) is 0 Å². The molecule has 1 heterocycles. The molecule has 0 atom stereocenters. The Balaban J connectivity index is 2.67. The van der Waals surface area contributed by atoms with Crippen LogP contribution >= 0.6 is 11.6 Å². The molecular formula is C4H2ClN3O2. The zero-order chi connectivity index (χ0) is 7.40. The van der Waals surface area contributed by atoms with E-state index in [1.54, 1.807) is 0 Å². The molecule has 5 nitrogen and oxygen atoms in total. The van der Waals surface area contributed by atoms with Gasteiger partial charge in [-0.1, -0.05) is 5.10 Å². The molecule has 52 valence electrons. The summed E-state index contributed by atoms with van der Waals surface area (Å²) in [7, 11) is 0. The molecule has 1 rings (SSSR count). The van der Waals surface area contributed by atoms with Crippen LogP contribution in [0.4, 0.5) is 4.79 Å². The van der Waals surface area contributed by atoms with Gasteiger partial charge in [0.25, 0.3) is 0 Å². The summed E-state index contributed by atoms with van der Waals surface area (Å²) in [5.41, 5.74) is -0.944. The molecule has 0 bridgehead atoms. The standard InChI is InChI=1S/C4H2ClN3O2/c5-4(9)10-3-1-2-6-8-7-3/h1-2H. The molecule has 0 aliphatic rings. The number of aromatic nitrogens is 3. The van der Waals surface area contributed by atoms with E-state index in [1.165, 1.54) is 12.3 Å². The number of ether oxygens (including phenoxy) is 1. The summed E-state index contributed by atoms with van der Waals surface area (Å²) in [6, 6.07) is 1.37. The number of halogens is 1.